The van der Waals surface area contributed by atoms with Crippen molar-refractivity contribution in [2.45, 2.75) is 13.0 Å². The molecule has 2 heterocycles. The van der Waals surface area contributed by atoms with Crippen molar-refractivity contribution in [3.05, 3.63) is 48.4 Å². The van der Waals surface area contributed by atoms with Gasteiger partial charge in [0.15, 0.2) is 0 Å². The number of rotatable bonds is 6. The van der Waals surface area contributed by atoms with E-state index in [1.165, 1.54) is 0 Å². The van der Waals surface area contributed by atoms with Crippen molar-refractivity contribution in [3.8, 4) is 0 Å². The fourth-order valence-corrected chi connectivity index (χ4v) is 1.62. The van der Waals surface area contributed by atoms with E-state index in [0.717, 1.165) is 11.4 Å². The van der Waals surface area contributed by atoms with Gasteiger partial charge in [0, 0.05) is 31.9 Å². The van der Waals surface area contributed by atoms with Crippen LogP contribution in [0, 0.1) is 0 Å². The second-order valence-corrected chi connectivity index (χ2v) is 4.23. The number of nitrogens with zero attached hydrogens (tertiary/aromatic N) is 2. The summed E-state index contributed by atoms with van der Waals surface area (Å²) >= 11 is 0. The van der Waals surface area contributed by atoms with Crippen LogP contribution in [0.2, 0.25) is 0 Å². The molecule has 0 aliphatic carbocycles. The van der Waals surface area contributed by atoms with Gasteiger partial charge in [-0.2, -0.15) is 0 Å². The molecule has 6 heteroatoms. The molecule has 0 aromatic carbocycles. The van der Waals surface area contributed by atoms with Crippen LogP contribution in [-0.2, 0) is 11.3 Å². The summed E-state index contributed by atoms with van der Waals surface area (Å²) in [5.41, 5.74) is 7.10. The van der Waals surface area contributed by atoms with Gasteiger partial charge in [0.2, 0.25) is 5.91 Å². The van der Waals surface area contributed by atoms with E-state index in [1.54, 1.807) is 24.7 Å². The molecule has 2 rings (SSSR count). The van der Waals surface area contributed by atoms with Crippen LogP contribution in [0.5, 0.6) is 0 Å². The summed E-state index contributed by atoms with van der Waals surface area (Å²) in [7, 11) is 0. The summed E-state index contributed by atoms with van der Waals surface area (Å²) in [4.78, 5) is 19.6. The van der Waals surface area contributed by atoms with E-state index in [-0.39, 0.29) is 5.91 Å². The minimum Gasteiger partial charge on any atom is -0.366 e. The monoisotopic (exact) mass is 271 g/mol. The number of aromatic nitrogens is 2. The molecule has 4 N–H and O–H groups in total. The Labute approximate surface area is 117 Å². The highest BCUT2D eigenvalue weighted by Crippen LogP contribution is 2.11. The zero-order valence-corrected chi connectivity index (χ0v) is 11.0. The maximum atomic E-state index is 11.4. The first-order chi connectivity index (χ1) is 9.78. The molecule has 0 bridgehead atoms. The first-order valence-corrected chi connectivity index (χ1v) is 6.36. The summed E-state index contributed by atoms with van der Waals surface area (Å²) < 4.78 is 0. The van der Waals surface area contributed by atoms with E-state index < -0.39 is 0 Å². The lowest BCUT2D eigenvalue weighted by molar-refractivity contribution is -0.116. The fraction of sp³-hybridized carbons (Fsp3) is 0.214. The normalized spacial score (nSPS) is 10.1. The smallest absolute Gasteiger partial charge is 0.225 e. The standard InChI is InChI=1S/C14H17N5O/c15-6-3-14(20)19-12-1-2-13(18-10-12)17-9-11-4-7-16-8-5-11/h1-2,4-5,7-8,10H,3,6,9,15H2,(H,17,18)(H,19,20). The van der Waals surface area contributed by atoms with Gasteiger partial charge in [-0.05, 0) is 29.8 Å². The lowest BCUT2D eigenvalue weighted by atomic mass is 10.3. The molecule has 0 unspecified atom stereocenters. The Morgan fingerprint density at radius 2 is 2.00 bits per heavy atom. The maximum absolute atomic E-state index is 11.4. The molecule has 104 valence electrons. The first kappa shape index (κ1) is 14.0. The van der Waals surface area contributed by atoms with Crippen molar-refractivity contribution in [2.75, 3.05) is 17.2 Å². The molecule has 0 aliphatic rings. The Hall–Kier alpha value is -2.47. The average molecular weight is 271 g/mol. The van der Waals surface area contributed by atoms with Gasteiger partial charge < -0.3 is 16.4 Å². The molecule has 0 saturated heterocycles. The van der Waals surface area contributed by atoms with Crippen LogP contribution in [0.1, 0.15) is 12.0 Å². The zero-order chi connectivity index (χ0) is 14.2. The summed E-state index contributed by atoms with van der Waals surface area (Å²) in [6.07, 6.45) is 5.42. The van der Waals surface area contributed by atoms with Crippen LogP contribution in [0.15, 0.2) is 42.9 Å². The zero-order valence-electron chi connectivity index (χ0n) is 11.0. The van der Waals surface area contributed by atoms with E-state index in [9.17, 15) is 4.79 Å². The Morgan fingerprint density at radius 3 is 2.65 bits per heavy atom. The molecule has 20 heavy (non-hydrogen) atoms. The molecule has 0 aliphatic heterocycles. The third-order valence-electron chi connectivity index (χ3n) is 2.64. The van der Waals surface area contributed by atoms with Crippen molar-refractivity contribution in [1.82, 2.24) is 9.97 Å². The lowest BCUT2D eigenvalue weighted by Crippen LogP contribution is -2.16. The van der Waals surface area contributed by atoms with E-state index in [0.29, 0.717) is 25.2 Å². The number of amides is 1. The van der Waals surface area contributed by atoms with Crippen molar-refractivity contribution >= 4 is 17.4 Å². The van der Waals surface area contributed by atoms with E-state index in [1.807, 2.05) is 18.2 Å². The molecule has 0 atom stereocenters. The van der Waals surface area contributed by atoms with E-state index in [2.05, 4.69) is 20.6 Å². The molecular weight excluding hydrogens is 254 g/mol. The van der Waals surface area contributed by atoms with Crippen molar-refractivity contribution in [2.24, 2.45) is 5.73 Å². The summed E-state index contributed by atoms with van der Waals surface area (Å²) in [5, 5.41) is 5.92. The van der Waals surface area contributed by atoms with Crippen molar-refractivity contribution in [1.29, 1.82) is 0 Å². The summed E-state index contributed by atoms with van der Waals surface area (Å²) in [6, 6.07) is 7.50. The third-order valence-corrected chi connectivity index (χ3v) is 2.64. The summed E-state index contributed by atoms with van der Waals surface area (Å²) in [5.74, 6) is 0.644. The molecule has 0 saturated carbocycles. The number of carbonyl (C=O) groups excluding carboxylic acids is 1. The van der Waals surface area contributed by atoms with Gasteiger partial charge in [-0.25, -0.2) is 4.98 Å². The number of nitrogens with one attached hydrogen (secondary N) is 2. The number of carbonyl (C=O) groups is 1. The molecule has 6 nitrogen and oxygen atoms in total. The van der Waals surface area contributed by atoms with Gasteiger partial charge >= 0.3 is 0 Å². The Bertz CT molecular complexity index is 541. The molecule has 0 spiro atoms. The molecule has 2 aromatic heterocycles. The van der Waals surface area contributed by atoms with Gasteiger partial charge in [-0.1, -0.05) is 0 Å². The second kappa shape index (κ2) is 7.20. The van der Waals surface area contributed by atoms with Crippen LogP contribution in [0.25, 0.3) is 0 Å². The van der Waals surface area contributed by atoms with Crippen LogP contribution >= 0.6 is 0 Å². The van der Waals surface area contributed by atoms with Crippen molar-refractivity contribution in [3.63, 3.8) is 0 Å². The first-order valence-electron chi connectivity index (χ1n) is 6.36. The topological polar surface area (TPSA) is 92.9 Å². The predicted octanol–water partition coefficient (Wildman–Crippen LogP) is 1.38. The fourth-order valence-electron chi connectivity index (χ4n) is 1.62. The highest BCUT2D eigenvalue weighted by atomic mass is 16.1. The van der Waals surface area contributed by atoms with Gasteiger partial charge in [-0.15, -0.1) is 0 Å². The average Bonchev–Trinajstić information content (AvgIpc) is 2.48. The molecule has 0 fully saturated rings. The van der Waals surface area contributed by atoms with Crippen LogP contribution < -0.4 is 16.4 Å². The molecule has 2 aromatic rings. The van der Waals surface area contributed by atoms with Crippen LogP contribution in [0.4, 0.5) is 11.5 Å². The van der Waals surface area contributed by atoms with Gasteiger partial charge in [-0.3, -0.25) is 9.78 Å². The minimum absolute atomic E-state index is 0.105. The summed E-state index contributed by atoms with van der Waals surface area (Å²) in [6.45, 7) is 1.01. The van der Waals surface area contributed by atoms with Gasteiger partial charge in [0.25, 0.3) is 0 Å². The second-order valence-electron chi connectivity index (χ2n) is 4.23. The largest absolute Gasteiger partial charge is 0.366 e. The minimum atomic E-state index is -0.105. The molecular formula is C14H17N5O. The molecule has 0 radical (unpaired) electrons. The Balaban J connectivity index is 1.87. The Kier molecular flexibility index (Phi) is 5.02. The number of hydrogen-bond donors (Lipinski definition) is 3. The lowest BCUT2D eigenvalue weighted by Gasteiger charge is -2.07. The number of anilines is 2. The van der Waals surface area contributed by atoms with E-state index in [4.69, 9.17) is 5.73 Å². The van der Waals surface area contributed by atoms with Crippen molar-refractivity contribution < 1.29 is 4.79 Å². The molecule has 1 amide bonds. The quantitative estimate of drug-likeness (QED) is 0.738. The SMILES string of the molecule is NCCC(=O)Nc1ccc(NCc2ccncc2)nc1. The Morgan fingerprint density at radius 1 is 1.20 bits per heavy atom. The number of pyridine rings is 2. The number of nitrogens with two attached hydrogens (primary N) is 1. The third kappa shape index (κ3) is 4.33. The number of hydrogen-bond acceptors (Lipinski definition) is 5. The van der Waals surface area contributed by atoms with Crippen LogP contribution in [-0.4, -0.2) is 22.4 Å². The van der Waals surface area contributed by atoms with Gasteiger partial charge in [0.05, 0.1) is 11.9 Å². The van der Waals surface area contributed by atoms with E-state index >= 15 is 0 Å². The maximum Gasteiger partial charge on any atom is 0.225 e. The van der Waals surface area contributed by atoms with Gasteiger partial charge in [0.1, 0.15) is 5.82 Å². The van der Waals surface area contributed by atoms with Crippen LogP contribution in [0.3, 0.4) is 0 Å². The highest BCUT2D eigenvalue weighted by molar-refractivity contribution is 5.90. The highest BCUT2D eigenvalue weighted by Gasteiger charge is 2.01. The predicted molar refractivity (Wildman–Crippen MR) is 78.1 cm³/mol.